The monoisotopic (exact) mass is 361 g/mol. The molecule has 0 bridgehead atoms. The molecule has 134 valence electrons. The molecule has 0 aromatic carbocycles. The number of hydrogen-bond donors (Lipinski definition) is 1. The molecular formula is C17H23N5O2S. The largest absolute Gasteiger partial charge is 0.339 e. The summed E-state index contributed by atoms with van der Waals surface area (Å²) in [5.41, 5.74) is 0. The van der Waals surface area contributed by atoms with Gasteiger partial charge in [0.05, 0.1) is 10.9 Å². The van der Waals surface area contributed by atoms with Crippen LogP contribution in [0.2, 0.25) is 0 Å². The first kappa shape index (κ1) is 17.6. The van der Waals surface area contributed by atoms with E-state index in [9.17, 15) is 9.59 Å². The second-order valence-corrected chi connectivity index (χ2v) is 7.67. The van der Waals surface area contributed by atoms with Crippen molar-refractivity contribution in [3.05, 3.63) is 34.0 Å². The Balaban J connectivity index is 1.62. The minimum Gasteiger partial charge on any atom is -0.339 e. The number of nitrogens with one attached hydrogen (secondary N) is 1. The van der Waals surface area contributed by atoms with Gasteiger partial charge >= 0.3 is 0 Å². The summed E-state index contributed by atoms with van der Waals surface area (Å²) >= 11 is 1.37. The van der Waals surface area contributed by atoms with Gasteiger partial charge in [0.15, 0.2) is 0 Å². The minimum atomic E-state index is -0.519. The van der Waals surface area contributed by atoms with E-state index in [4.69, 9.17) is 0 Å². The first-order valence-electron chi connectivity index (χ1n) is 8.39. The van der Waals surface area contributed by atoms with Crippen LogP contribution in [0.5, 0.6) is 0 Å². The van der Waals surface area contributed by atoms with Crippen LogP contribution < -0.4 is 5.32 Å². The van der Waals surface area contributed by atoms with Crippen molar-refractivity contribution < 1.29 is 9.59 Å². The summed E-state index contributed by atoms with van der Waals surface area (Å²) in [6, 6.07) is 3.23. The Hall–Kier alpha value is -2.22. The molecule has 1 aliphatic heterocycles. The molecule has 0 spiro atoms. The number of carbonyl (C=O) groups is 2. The van der Waals surface area contributed by atoms with Gasteiger partial charge in [0, 0.05) is 13.1 Å². The number of likely N-dealkylation sites (tertiary alicyclic amines) is 1. The molecule has 3 heterocycles. The molecule has 0 saturated carbocycles. The fourth-order valence-corrected chi connectivity index (χ4v) is 3.63. The maximum absolute atomic E-state index is 12.8. The summed E-state index contributed by atoms with van der Waals surface area (Å²) in [6.07, 6.45) is 0. The van der Waals surface area contributed by atoms with Crippen molar-refractivity contribution >= 4 is 23.2 Å². The summed E-state index contributed by atoms with van der Waals surface area (Å²) in [6.45, 7) is 8.86. The van der Waals surface area contributed by atoms with Gasteiger partial charge in [-0.1, -0.05) is 19.9 Å². The van der Waals surface area contributed by atoms with Crippen LogP contribution in [-0.2, 0) is 4.79 Å². The summed E-state index contributed by atoms with van der Waals surface area (Å²) in [4.78, 5) is 31.8. The average molecular weight is 361 g/mol. The van der Waals surface area contributed by atoms with Gasteiger partial charge < -0.3 is 10.2 Å². The van der Waals surface area contributed by atoms with Gasteiger partial charge in [0.2, 0.25) is 5.91 Å². The third kappa shape index (κ3) is 3.58. The van der Waals surface area contributed by atoms with Crippen LogP contribution in [0.4, 0.5) is 0 Å². The van der Waals surface area contributed by atoms with Gasteiger partial charge in [-0.3, -0.25) is 9.59 Å². The Kier molecular flexibility index (Phi) is 4.89. The Morgan fingerprint density at radius 1 is 1.32 bits per heavy atom. The number of rotatable bonds is 5. The first-order valence-corrected chi connectivity index (χ1v) is 9.27. The summed E-state index contributed by atoms with van der Waals surface area (Å²) in [5.74, 6) is 1.39. The SMILES string of the molecule is Cc1nc(C)n(C2CN(C(=O)C(NC(=O)c3cccs3)C(C)C)C2)n1. The molecule has 2 aromatic heterocycles. The summed E-state index contributed by atoms with van der Waals surface area (Å²) < 4.78 is 1.88. The van der Waals surface area contributed by atoms with Crippen LogP contribution in [0.25, 0.3) is 0 Å². The zero-order valence-corrected chi connectivity index (χ0v) is 15.7. The van der Waals surface area contributed by atoms with E-state index in [1.165, 1.54) is 11.3 Å². The maximum atomic E-state index is 12.8. The Bertz CT molecular complexity index is 762. The standard InChI is InChI=1S/C17H23N5O2S/c1-10(2)15(19-16(23)14-6-5-7-25-14)17(24)21-8-13(9-21)22-12(4)18-11(3)20-22/h5-7,10,13,15H,8-9H2,1-4H3,(H,19,23). The highest BCUT2D eigenvalue weighted by atomic mass is 32.1. The Morgan fingerprint density at radius 2 is 2.04 bits per heavy atom. The molecule has 1 N–H and O–H groups in total. The fourth-order valence-electron chi connectivity index (χ4n) is 3.00. The van der Waals surface area contributed by atoms with Gasteiger partial charge in [-0.25, -0.2) is 9.67 Å². The van der Waals surface area contributed by atoms with Gasteiger partial charge in [-0.15, -0.1) is 11.3 Å². The molecule has 2 aromatic rings. The second kappa shape index (κ2) is 6.95. The third-order valence-electron chi connectivity index (χ3n) is 4.39. The van der Waals surface area contributed by atoms with Crippen molar-refractivity contribution in [3.8, 4) is 0 Å². The molecule has 7 nitrogen and oxygen atoms in total. The highest BCUT2D eigenvalue weighted by Crippen LogP contribution is 2.24. The second-order valence-electron chi connectivity index (χ2n) is 6.72. The van der Waals surface area contributed by atoms with Gasteiger partial charge in [-0.05, 0) is 31.2 Å². The molecule has 1 unspecified atom stereocenters. The quantitative estimate of drug-likeness (QED) is 0.880. The lowest BCUT2D eigenvalue weighted by molar-refractivity contribution is -0.140. The lowest BCUT2D eigenvalue weighted by Gasteiger charge is -2.41. The van der Waals surface area contributed by atoms with Crippen LogP contribution in [-0.4, -0.2) is 50.6 Å². The number of carbonyl (C=O) groups excluding carboxylic acids is 2. The molecule has 1 saturated heterocycles. The smallest absolute Gasteiger partial charge is 0.262 e. The van der Waals surface area contributed by atoms with E-state index in [-0.39, 0.29) is 23.8 Å². The van der Waals surface area contributed by atoms with Crippen LogP contribution in [0, 0.1) is 19.8 Å². The van der Waals surface area contributed by atoms with Crippen molar-refractivity contribution in [2.24, 2.45) is 5.92 Å². The summed E-state index contributed by atoms with van der Waals surface area (Å²) in [7, 11) is 0. The van der Waals surface area contributed by atoms with E-state index in [0.717, 1.165) is 11.6 Å². The Labute approximate surface area is 151 Å². The molecule has 0 aliphatic carbocycles. The van der Waals surface area contributed by atoms with Crippen LogP contribution >= 0.6 is 11.3 Å². The fraction of sp³-hybridized carbons (Fsp3) is 0.529. The van der Waals surface area contributed by atoms with E-state index in [1.807, 2.05) is 43.8 Å². The number of aryl methyl sites for hydroxylation is 2. The van der Waals surface area contributed by atoms with Gasteiger partial charge in [-0.2, -0.15) is 5.10 Å². The zero-order valence-electron chi connectivity index (χ0n) is 14.9. The highest BCUT2D eigenvalue weighted by Gasteiger charge is 2.38. The molecule has 3 rings (SSSR count). The van der Waals surface area contributed by atoms with Crippen molar-refractivity contribution in [3.63, 3.8) is 0 Å². The molecule has 1 fully saturated rings. The van der Waals surface area contributed by atoms with Crippen molar-refractivity contribution in [2.75, 3.05) is 13.1 Å². The Morgan fingerprint density at radius 3 is 2.56 bits per heavy atom. The van der Waals surface area contributed by atoms with Crippen LogP contribution in [0.1, 0.15) is 41.2 Å². The number of thiophene rings is 1. The summed E-state index contributed by atoms with van der Waals surface area (Å²) in [5, 5.41) is 9.12. The lowest BCUT2D eigenvalue weighted by Crippen LogP contribution is -2.58. The number of aromatic nitrogens is 3. The van der Waals surface area contributed by atoms with E-state index in [2.05, 4.69) is 15.4 Å². The normalized spacial score (nSPS) is 16.0. The van der Waals surface area contributed by atoms with E-state index in [1.54, 1.807) is 11.0 Å². The van der Waals surface area contributed by atoms with Crippen molar-refractivity contribution in [2.45, 2.75) is 39.8 Å². The van der Waals surface area contributed by atoms with Crippen molar-refractivity contribution in [1.82, 2.24) is 25.0 Å². The van der Waals surface area contributed by atoms with Crippen LogP contribution in [0.15, 0.2) is 17.5 Å². The number of nitrogens with zero attached hydrogens (tertiary/aromatic N) is 4. The van der Waals surface area contributed by atoms with E-state index in [0.29, 0.717) is 18.0 Å². The predicted molar refractivity (Wildman–Crippen MR) is 95.5 cm³/mol. The minimum absolute atomic E-state index is 0.0193. The number of amides is 2. The molecule has 1 aliphatic rings. The van der Waals surface area contributed by atoms with Crippen molar-refractivity contribution in [1.29, 1.82) is 0 Å². The van der Waals surface area contributed by atoms with Gasteiger partial charge in [0.1, 0.15) is 17.7 Å². The van der Waals surface area contributed by atoms with Crippen LogP contribution in [0.3, 0.4) is 0 Å². The molecule has 0 radical (unpaired) electrons. The zero-order chi connectivity index (χ0) is 18.1. The van der Waals surface area contributed by atoms with E-state index >= 15 is 0 Å². The number of hydrogen-bond acceptors (Lipinski definition) is 5. The first-order chi connectivity index (χ1) is 11.9. The molecule has 8 heteroatoms. The maximum Gasteiger partial charge on any atom is 0.262 e. The molecular weight excluding hydrogens is 338 g/mol. The lowest BCUT2D eigenvalue weighted by atomic mass is 9.99. The molecule has 25 heavy (non-hydrogen) atoms. The highest BCUT2D eigenvalue weighted by molar-refractivity contribution is 7.12. The predicted octanol–water partition coefficient (Wildman–Crippen LogP) is 1.79. The van der Waals surface area contributed by atoms with E-state index < -0.39 is 6.04 Å². The molecule has 2 amide bonds. The topological polar surface area (TPSA) is 80.1 Å². The average Bonchev–Trinajstić information content (AvgIpc) is 3.13. The molecule has 1 atom stereocenters. The third-order valence-corrected chi connectivity index (χ3v) is 5.26. The van der Waals surface area contributed by atoms with Gasteiger partial charge in [0.25, 0.3) is 5.91 Å².